The molecule has 0 saturated heterocycles. The lowest BCUT2D eigenvalue weighted by atomic mass is 10.1. The van der Waals surface area contributed by atoms with E-state index in [1.165, 1.54) is 40.9 Å². The number of halogens is 1. The first kappa shape index (κ1) is 19.8. The number of nitrogens with zero attached hydrogens (tertiary/aromatic N) is 4. The molecule has 0 aliphatic carbocycles. The van der Waals surface area contributed by atoms with E-state index in [9.17, 15) is 14.0 Å². The van der Waals surface area contributed by atoms with E-state index in [0.717, 1.165) is 0 Å². The average Bonchev–Trinajstić information content (AvgIpc) is 3.25. The van der Waals surface area contributed by atoms with Gasteiger partial charge in [-0.15, -0.1) is 16.8 Å². The van der Waals surface area contributed by atoms with Crippen LogP contribution in [0, 0.1) is 5.82 Å². The van der Waals surface area contributed by atoms with Gasteiger partial charge in [0.05, 0.1) is 17.0 Å². The van der Waals surface area contributed by atoms with Crippen molar-refractivity contribution in [1.82, 2.24) is 19.7 Å². The second kappa shape index (κ2) is 8.50. The minimum atomic E-state index is -0.344. The van der Waals surface area contributed by atoms with Gasteiger partial charge in [0, 0.05) is 6.54 Å². The van der Waals surface area contributed by atoms with E-state index in [2.05, 4.69) is 16.8 Å². The van der Waals surface area contributed by atoms with Crippen molar-refractivity contribution in [3.8, 4) is 5.75 Å². The molecule has 7 nitrogen and oxygen atoms in total. The molecule has 0 saturated carbocycles. The van der Waals surface area contributed by atoms with Crippen LogP contribution in [0.1, 0.15) is 26.5 Å². The lowest BCUT2D eigenvalue weighted by Crippen LogP contribution is -2.29. The Morgan fingerprint density at radius 1 is 1.03 bits per heavy atom. The molecule has 9 heteroatoms. The Kier molecular flexibility index (Phi) is 5.62. The number of allylic oxidation sites excluding steroid dienone is 1. The maximum Gasteiger partial charge on any atom is 0.262 e. The van der Waals surface area contributed by atoms with Crippen LogP contribution >= 0.6 is 11.8 Å². The van der Waals surface area contributed by atoms with Crippen LogP contribution in [0.15, 0.2) is 66.3 Å². The van der Waals surface area contributed by atoms with E-state index in [0.29, 0.717) is 34.4 Å². The monoisotopic (exact) mass is 424 g/mol. The zero-order chi connectivity index (χ0) is 21.1. The maximum absolute atomic E-state index is 13.0. The van der Waals surface area contributed by atoms with E-state index in [-0.39, 0.29) is 30.1 Å². The molecule has 2 amide bonds. The number of carbonyl (C=O) groups excluding carboxylic acids is 2. The lowest BCUT2D eigenvalue weighted by Gasteiger charge is -2.13. The minimum absolute atomic E-state index is 0.112. The van der Waals surface area contributed by atoms with Crippen LogP contribution in [-0.2, 0) is 13.2 Å². The summed E-state index contributed by atoms with van der Waals surface area (Å²) in [5, 5.41) is 8.84. The fraction of sp³-hybridized carbons (Fsp3) is 0.143. The van der Waals surface area contributed by atoms with Gasteiger partial charge in [0.2, 0.25) is 0 Å². The third-order valence-corrected chi connectivity index (χ3v) is 5.44. The molecule has 1 aliphatic rings. The van der Waals surface area contributed by atoms with E-state index in [1.54, 1.807) is 34.9 Å². The lowest BCUT2D eigenvalue weighted by molar-refractivity contribution is 0.0684. The van der Waals surface area contributed by atoms with Crippen molar-refractivity contribution >= 4 is 23.6 Å². The summed E-state index contributed by atoms with van der Waals surface area (Å²) in [6.07, 6.45) is 1.69. The number of aromatic nitrogens is 3. The van der Waals surface area contributed by atoms with Crippen LogP contribution in [0.5, 0.6) is 5.75 Å². The number of benzene rings is 2. The molecule has 0 spiro atoms. The molecule has 4 rings (SSSR count). The predicted molar refractivity (Wildman–Crippen MR) is 109 cm³/mol. The molecule has 1 aromatic heterocycles. The van der Waals surface area contributed by atoms with Crippen LogP contribution in [-0.4, -0.2) is 37.4 Å². The fourth-order valence-corrected chi connectivity index (χ4v) is 3.92. The molecule has 0 radical (unpaired) electrons. The Hall–Kier alpha value is -3.46. The quantitative estimate of drug-likeness (QED) is 0.313. The molecule has 0 fully saturated rings. The first-order valence-electron chi connectivity index (χ1n) is 9.08. The maximum atomic E-state index is 13.0. The highest BCUT2D eigenvalue weighted by molar-refractivity contribution is 7.99. The Morgan fingerprint density at radius 2 is 1.70 bits per heavy atom. The Bertz CT molecular complexity index is 1080. The third kappa shape index (κ3) is 3.84. The van der Waals surface area contributed by atoms with Crippen LogP contribution in [0.3, 0.4) is 0 Å². The van der Waals surface area contributed by atoms with Crippen LogP contribution in [0.4, 0.5) is 4.39 Å². The van der Waals surface area contributed by atoms with Gasteiger partial charge >= 0.3 is 0 Å². The molecule has 0 N–H and O–H groups in total. The van der Waals surface area contributed by atoms with Crippen molar-refractivity contribution < 1.29 is 18.7 Å². The highest BCUT2D eigenvalue weighted by Gasteiger charge is 2.35. The molecule has 0 bridgehead atoms. The van der Waals surface area contributed by atoms with Crippen LogP contribution in [0.2, 0.25) is 0 Å². The van der Waals surface area contributed by atoms with E-state index in [1.807, 2.05) is 0 Å². The Labute approximate surface area is 176 Å². The summed E-state index contributed by atoms with van der Waals surface area (Å²) in [4.78, 5) is 26.2. The number of amides is 2. The van der Waals surface area contributed by atoms with Crippen molar-refractivity contribution in [2.24, 2.45) is 0 Å². The summed E-state index contributed by atoms with van der Waals surface area (Å²) in [6.45, 7) is 4.30. The van der Waals surface area contributed by atoms with Crippen LogP contribution < -0.4 is 4.74 Å². The summed E-state index contributed by atoms with van der Waals surface area (Å²) in [6, 6.07) is 12.4. The number of thioether (sulfide) groups is 1. The summed E-state index contributed by atoms with van der Waals surface area (Å²) in [5.74, 6) is 0.175. The van der Waals surface area contributed by atoms with Crippen molar-refractivity contribution in [1.29, 1.82) is 0 Å². The van der Waals surface area contributed by atoms with Gasteiger partial charge in [-0.3, -0.25) is 19.1 Å². The SMILES string of the molecule is C=CCn1c(COc2ccc(F)cc2)nnc1SCN1C(=O)c2ccccc2C1=O. The van der Waals surface area contributed by atoms with Crippen molar-refractivity contribution in [2.75, 3.05) is 5.88 Å². The molecule has 0 atom stereocenters. The zero-order valence-corrected chi connectivity index (χ0v) is 16.6. The van der Waals surface area contributed by atoms with Crippen molar-refractivity contribution in [3.05, 3.63) is 84.0 Å². The number of fused-ring (bicyclic) bond motifs is 1. The molecule has 30 heavy (non-hydrogen) atoms. The van der Waals surface area contributed by atoms with Gasteiger partial charge in [-0.1, -0.05) is 30.0 Å². The van der Waals surface area contributed by atoms with Crippen molar-refractivity contribution in [2.45, 2.75) is 18.3 Å². The molecular weight excluding hydrogens is 407 g/mol. The van der Waals surface area contributed by atoms with Gasteiger partial charge < -0.3 is 4.74 Å². The summed E-state index contributed by atoms with van der Waals surface area (Å²) < 4.78 is 20.5. The van der Waals surface area contributed by atoms with Gasteiger partial charge in [-0.25, -0.2) is 4.39 Å². The average molecular weight is 424 g/mol. The largest absolute Gasteiger partial charge is 0.486 e. The van der Waals surface area contributed by atoms with Gasteiger partial charge in [0.25, 0.3) is 11.8 Å². The second-order valence-electron chi connectivity index (χ2n) is 6.40. The smallest absolute Gasteiger partial charge is 0.262 e. The van der Waals surface area contributed by atoms with E-state index in [4.69, 9.17) is 4.74 Å². The number of carbonyl (C=O) groups is 2. The standard InChI is InChI=1S/C21H17FN4O3S/c1-2-11-25-18(12-29-15-9-7-14(22)8-10-15)23-24-21(25)30-13-26-19(27)16-5-3-4-6-17(16)20(26)28/h2-10H,1,11-13H2. The first-order valence-corrected chi connectivity index (χ1v) is 10.1. The van der Waals surface area contributed by atoms with Gasteiger partial charge in [-0.2, -0.15) is 0 Å². The molecular formula is C21H17FN4O3S. The highest BCUT2D eigenvalue weighted by Crippen LogP contribution is 2.27. The summed E-state index contributed by atoms with van der Waals surface area (Å²) in [7, 11) is 0. The molecule has 3 aromatic rings. The summed E-state index contributed by atoms with van der Waals surface area (Å²) >= 11 is 1.23. The van der Waals surface area contributed by atoms with Gasteiger partial charge in [-0.05, 0) is 36.4 Å². The minimum Gasteiger partial charge on any atom is -0.486 e. The summed E-state index contributed by atoms with van der Waals surface area (Å²) in [5.41, 5.74) is 0.813. The van der Waals surface area contributed by atoms with Gasteiger partial charge in [0.1, 0.15) is 18.2 Å². The molecule has 2 heterocycles. The molecule has 2 aromatic carbocycles. The number of ether oxygens (including phenoxy) is 1. The first-order chi connectivity index (χ1) is 14.6. The number of hydrogen-bond donors (Lipinski definition) is 0. The zero-order valence-electron chi connectivity index (χ0n) is 15.8. The fourth-order valence-electron chi connectivity index (χ4n) is 3.00. The van der Waals surface area contributed by atoms with Gasteiger partial charge in [0.15, 0.2) is 11.0 Å². The number of hydrogen-bond acceptors (Lipinski definition) is 6. The normalized spacial score (nSPS) is 12.9. The molecule has 1 aliphatic heterocycles. The van der Waals surface area contributed by atoms with Crippen molar-refractivity contribution in [3.63, 3.8) is 0 Å². The van der Waals surface area contributed by atoms with E-state index < -0.39 is 0 Å². The Morgan fingerprint density at radius 3 is 2.33 bits per heavy atom. The molecule has 0 unspecified atom stereocenters. The second-order valence-corrected chi connectivity index (χ2v) is 7.31. The van der Waals surface area contributed by atoms with E-state index >= 15 is 0 Å². The third-order valence-electron chi connectivity index (χ3n) is 4.49. The Balaban J connectivity index is 1.46. The van der Waals surface area contributed by atoms with Crippen LogP contribution in [0.25, 0.3) is 0 Å². The topological polar surface area (TPSA) is 77.3 Å². The predicted octanol–water partition coefficient (Wildman–Crippen LogP) is 3.53. The number of imide groups is 1. The number of rotatable bonds is 8. The molecule has 152 valence electrons. The highest BCUT2D eigenvalue weighted by atomic mass is 32.2.